The average Bonchev–Trinajstić information content (AvgIpc) is 2.71. The lowest BCUT2D eigenvalue weighted by molar-refractivity contribution is -0.384. The van der Waals surface area contributed by atoms with Crippen LogP contribution in [0.15, 0.2) is 29.0 Å². The SMILES string of the molecule is Cc1cscc1CNc1cccc(C)c1[N+](=O)[O-]. The number of hydrogen-bond acceptors (Lipinski definition) is 4. The van der Waals surface area contributed by atoms with Crippen LogP contribution < -0.4 is 5.32 Å². The van der Waals surface area contributed by atoms with Crippen LogP contribution in [0.25, 0.3) is 0 Å². The highest BCUT2D eigenvalue weighted by molar-refractivity contribution is 7.08. The first-order valence-corrected chi connectivity index (χ1v) is 6.53. The summed E-state index contributed by atoms with van der Waals surface area (Å²) < 4.78 is 0. The summed E-state index contributed by atoms with van der Waals surface area (Å²) in [6, 6.07) is 5.32. The standard InChI is InChI=1S/C13H14N2O2S/c1-9-4-3-5-12(13(9)15(16)17)14-6-11-8-18-7-10(11)2/h3-5,7-8,14H,6H2,1-2H3. The Kier molecular flexibility index (Phi) is 3.62. The lowest BCUT2D eigenvalue weighted by Crippen LogP contribution is -2.03. The zero-order valence-corrected chi connectivity index (χ0v) is 11.1. The number of nitrogens with zero attached hydrogens (tertiary/aromatic N) is 1. The van der Waals surface area contributed by atoms with Gasteiger partial charge in [-0.05, 0) is 41.8 Å². The molecule has 2 aromatic rings. The number of thiophene rings is 1. The Morgan fingerprint density at radius 2 is 2.06 bits per heavy atom. The van der Waals surface area contributed by atoms with E-state index in [1.165, 1.54) is 11.1 Å². The summed E-state index contributed by atoms with van der Waals surface area (Å²) in [5, 5.41) is 18.3. The summed E-state index contributed by atoms with van der Waals surface area (Å²) in [5.74, 6) is 0. The summed E-state index contributed by atoms with van der Waals surface area (Å²) in [5.41, 5.74) is 3.79. The predicted octanol–water partition coefficient (Wildman–Crippen LogP) is 3.89. The molecule has 94 valence electrons. The van der Waals surface area contributed by atoms with Gasteiger partial charge >= 0.3 is 0 Å². The Bertz CT molecular complexity index is 578. The fourth-order valence-corrected chi connectivity index (χ4v) is 2.66. The second-order valence-corrected chi connectivity index (χ2v) is 4.91. The molecule has 0 saturated carbocycles. The first-order valence-electron chi connectivity index (χ1n) is 5.59. The Morgan fingerprint density at radius 3 is 2.67 bits per heavy atom. The molecular formula is C13H14N2O2S. The van der Waals surface area contributed by atoms with Crippen molar-refractivity contribution < 1.29 is 4.92 Å². The largest absolute Gasteiger partial charge is 0.375 e. The summed E-state index contributed by atoms with van der Waals surface area (Å²) in [7, 11) is 0. The summed E-state index contributed by atoms with van der Waals surface area (Å²) in [6.07, 6.45) is 0. The number of nitro benzene ring substituents is 1. The maximum absolute atomic E-state index is 11.0. The normalized spacial score (nSPS) is 10.3. The van der Waals surface area contributed by atoms with Crippen LogP contribution in [-0.4, -0.2) is 4.92 Å². The molecule has 0 atom stereocenters. The molecule has 0 amide bonds. The molecule has 0 spiro atoms. The minimum absolute atomic E-state index is 0.158. The van der Waals surface area contributed by atoms with Gasteiger partial charge < -0.3 is 5.32 Å². The van der Waals surface area contributed by atoms with Gasteiger partial charge in [0.1, 0.15) is 5.69 Å². The van der Waals surface area contributed by atoms with E-state index in [4.69, 9.17) is 0 Å². The molecule has 0 bridgehead atoms. The monoisotopic (exact) mass is 262 g/mol. The first-order chi connectivity index (χ1) is 8.59. The van der Waals surface area contributed by atoms with Crippen molar-refractivity contribution in [3.63, 3.8) is 0 Å². The molecule has 0 fully saturated rings. The highest BCUT2D eigenvalue weighted by atomic mass is 32.1. The van der Waals surface area contributed by atoms with E-state index in [2.05, 4.69) is 16.1 Å². The maximum Gasteiger partial charge on any atom is 0.295 e. The Morgan fingerprint density at radius 1 is 1.28 bits per heavy atom. The van der Waals surface area contributed by atoms with Gasteiger partial charge in [0.25, 0.3) is 5.69 Å². The third-order valence-corrected chi connectivity index (χ3v) is 3.76. The van der Waals surface area contributed by atoms with Crippen LogP contribution in [0.4, 0.5) is 11.4 Å². The topological polar surface area (TPSA) is 55.2 Å². The van der Waals surface area contributed by atoms with Crippen molar-refractivity contribution in [3.05, 3.63) is 55.8 Å². The molecule has 0 aliphatic carbocycles. The van der Waals surface area contributed by atoms with E-state index < -0.39 is 0 Å². The fraction of sp³-hybridized carbons (Fsp3) is 0.231. The average molecular weight is 262 g/mol. The molecule has 5 heteroatoms. The number of nitro groups is 1. The molecule has 2 rings (SSSR count). The Balaban J connectivity index is 2.22. The maximum atomic E-state index is 11.0. The van der Waals surface area contributed by atoms with Crippen molar-refractivity contribution >= 4 is 22.7 Å². The van der Waals surface area contributed by atoms with Crippen molar-refractivity contribution in [1.82, 2.24) is 0 Å². The molecule has 1 N–H and O–H groups in total. The van der Waals surface area contributed by atoms with Crippen LogP contribution in [-0.2, 0) is 6.54 Å². The predicted molar refractivity (Wildman–Crippen MR) is 74.2 cm³/mol. The van der Waals surface area contributed by atoms with Crippen molar-refractivity contribution in [1.29, 1.82) is 0 Å². The number of hydrogen-bond donors (Lipinski definition) is 1. The molecule has 0 radical (unpaired) electrons. The number of para-hydroxylation sites is 1. The van der Waals surface area contributed by atoms with Crippen LogP contribution >= 0.6 is 11.3 Å². The minimum atomic E-state index is -0.335. The highest BCUT2D eigenvalue weighted by Gasteiger charge is 2.16. The molecule has 0 aliphatic rings. The van der Waals surface area contributed by atoms with Gasteiger partial charge in [0.05, 0.1) is 4.92 Å². The summed E-state index contributed by atoms with van der Waals surface area (Å²) >= 11 is 1.64. The van der Waals surface area contributed by atoms with E-state index in [1.807, 2.05) is 13.0 Å². The first kappa shape index (κ1) is 12.6. The zero-order valence-electron chi connectivity index (χ0n) is 10.3. The van der Waals surface area contributed by atoms with Gasteiger partial charge in [0.2, 0.25) is 0 Å². The molecular weight excluding hydrogens is 248 g/mol. The molecule has 18 heavy (non-hydrogen) atoms. The second kappa shape index (κ2) is 5.18. The van der Waals surface area contributed by atoms with E-state index in [0.717, 1.165) is 0 Å². The van der Waals surface area contributed by atoms with Gasteiger partial charge in [-0.15, -0.1) is 0 Å². The number of anilines is 1. The van der Waals surface area contributed by atoms with Crippen LogP contribution in [0.5, 0.6) is 0 Å². The van der Waals surface area contributed by atoms with Crippen molar-refractivity contribution in [2.75, 3.05) is 5.32 Å². The second-order valence-electron chi connectivity index (χ2n) is 4.16. The molecule has 1 heterocycles. The summed E-state index contributed by atoms with van der Waals surface area (Å²) in [6.45, 7) is 4.40. The zero-order chi connectivity index (χ0) is 13.1. The van der Waals surface area contributed by atoms with Gasteiger partial charge in [-0.3, -0.25) is 10.1 Å². The van der Waals surface area contributed by atoms with Gasteiger partial charge in [0, 0.05) is 12.1 Å². The molecule has 4 nitrogen and oxygen atoms in total. The molecule has 0 aliphatic heterocycles. The lowest BCUT2D eigenvalue weighted by atomic mass is 10.1. The van der Waals surface area contributed by atoms with Gasteiger partial charge in [0.15, 0.2) is 0 Å². The quantitative estimate of drug-likeness (QED) is 0.672. The molecule has 0 saturated heterocycles. The number of nitrogens with one attached hydrogen (secondary N) is 1. The van der Waals surface area contributed by atoms with E-state index >= 15 is 0 Å². The third kappa shape index (κ3) is 2.51. The highest BCUT2D eigenvalue weighted by Crippen LogP contribution is 2.28. The molecule has 0 unspecified atom stereocenters. The lowest BCUT2D eigenvalue weighted by Gasteiger charge is -2.08. The van der Waals surface area contributed by atoms with E-state index in [0.29, 0.717) is 17.8 Å². The van der Waals surface area contributed by atoms with Crippen molar-refractivity contribution in [2.24, 2.45) is 0 Å². The number of rotatable bonds is 4. The van der Waals surface area contributed by atoms with Crippen LogP contribution in [0.1, 0.15) is 16.7 Å². The molecule has 1 aromatic carbocycles. The number of aryl methyl sites for hydroxylation is 2. The minimum Gasteiger partial charge on any atom is -0.375 e. The van der Waals surface area contributed by atoms with E-state index in [9.17, 15) is 10.1 Å². The van der Waals surface area contributed by atoms with Crippen LogP contribution in [0, 0.1) is 24.0 Å². The van der Waals surface area contributed by atoms with Gasteiger partial charge in [-0.2, -0.15) is 11.3 Å². The van der Waals surface area contributed by atoms with E-state index in [1.54, 1.807) is 30.4 Å². The van der Waals surface area contributed by atoms with Crippen LogP contribution in [0.2, 0.25) is 0 Å². The van der Waals surface area contributed by atoms with Gasteiger partial charge in [-0.25, -0.2) is 0 Å². The van der Waals surface area contributed by atoms with Gasteiger partial charge in [-0.1, -0.05) is 12.1 Å². The third-order valence-electron chi connectivity index (χ3n) is 2.85. The number of benzene rings is 1. The molecule has 1 aromatic heterocycles. The smallest absolute Gasteiger partial charge is 0.295 e. The van der Waals surface area contributed by atoms with Crippen molar-refractivity contribution in [3.8, 4) is 0 Å². The summed E-state index contributed by atoms with van der Waals surface area (Å²) in [4.78, 5) is 10.7. The Hall–Kier alpha value is -1.88. The Labute approximate surface area is 109 Å². The fourth-order valence-electron chi connectivity index (χ4n) is 1.80. The van der Waals surface area contributed by atoms with E-state index in [-0.39, 0.29) is 10.6 Å². The van der Waals surface area contributed by atoms with Crippen molar-refractivity contribution in [2.45, 2.75) is 20.4 Å². The van der Waals surface area contributed by atoms with Crippen LogP contribution in [0.3, 0.4) is 0 Å².